The molecule has 16 heteroatoms. The number of pyridine rings is 1. The number of nitrogen functional groups attached to an aromatic ring is 1. The molecule has 1 saturated heterocycles. The van der Waals surface area contributed by atoms with Gasteiger partial charge in [0.15, 0.2) is 23.7 Å². The summed E-state index contributed by atoms with van der Waals surface area (Å²) in [5.74, 6) is -2.82. The first kappa shape index (κ1) is 25.5. The third-order valence-corrected chi connectivity index (χ3v) is 6.41. The predicted molar refractivity (Wildman–Crippen MR) is 127 cm³/mol. The van der Waals surface area contributed by atoms with Crippen molar-refractivity contribution in [2.24, 2.45) is 0 Å². The van der Waals surface area contributed by atoms with Crippen LogP contribution in [0.15, 0.2) is 37.1 Å². The monoisotopic (exact) mass is 554 g/mol. The van der Waals surface area contributed by atoms with Gasteiger partial charge in [-0.15, -0.1) is 5.10 Å². The summed E-state index contributed by atoms with van der Waals surface area (Å²) in [5, 5.41) is 7.12. The lowest BCUT2D eigenvalue weighted by atomic mass is 10.1. The molecule has 3 N–H and O–H groups in total. The molecular weight excluding hydrogens is 536 g/mol. The number of imidazole rings is 1. The molecule has 0 radical (unpaired) electrons. The van der Waals surface area contributed by atoms with Crippen LogP contribution in [0.5, 0.6) is 0 Å². The number of carbonyl (C=O) groups excluding carboxylic acids is 2. The number of nitrogens with two attached hydrogens (primary N) is 1. The maximum absolute atomic E-state index is 14.8. The molecule has 0 aliphatic carbocycles. The highest BCUT2D eigenvalue weighted by Crippen LogP contribution is 2.36. The molecule has 1 aliphatic rings. The second-order valence-electron chi connectivity index (χ2n) is 8.63. The molecule has 1 aliphatic heterocycles. The molecule has 1 fully saturated rings. The standard InChI is InChI=1S/C22H19ClF4N8O3/c1-10(31-19(36)16-17(28)32-35-4-2-3-30-18(16)35)11-5-12(23)14-6-29-9-34(14)20(11)33-7-13(24)15(8-33)38-21(37)22(25,26)27/h2-6,9-10,13,15H,7-8H2,1H3,(H2,28,32)(H,31,36)/t10?,13-,15-/m0/s1. The van der Waals surface area contributed by atoms with Gasteiger partial charge < -0.3 is 20.7 Å². The summed E-state index contributed by atoms with van der Waals surface area (Å²) in [5.41, 5.74) is 7.05. The maximum atomic E-state index is 14.8. The summed E-state index contributed by atoms with van der Waals surface area (Å²) in [6, 6.07) is 2.39. The Morgan fingerprint density at radius 1 is 1.32 bits per heavy atom. The molecule has 38 heavy (non-hydrogen) atoms. The second kappa shape index (κ2) is 9.31. The van der Waals surface area contributed by atoms with Crippen LogP contribution in [0, 0.1) is 0 Å². The summed E-state index contributed by atoms with van der Waals surface area (Å²) >= 11 is 6.44. The Bertz CT molecular complexity index is 1550. The fraction of sp³-hybridized carbons (Fsp3) is 0.318. The Morgan fingerprint density at radius 3 is 2.82 bits per heavy atom. The highest BCUT2D eigenvalue weighted by Gasteiger charge is 2.46. The summed E-state index contributed by atoms with van der Waals surface area (Å²) in [7, 11) is 0. The molecule has 3 atom stereocenters. The van der Waals surface area contributed by atoms with Crippen molar-refractivity contribution >= 4 is 46.3 Å². The van der Waals surface area contributed by atoms with Crippen LogP contribution < -0.4 is 16.0 Å². The zero-order valence-corrected chi connectivity index (χ0v) is 20.2. The van der Waals surface area contributed by atoms with Crippen LogP contribution in [0.3, 0.4) is 0 Å². The number of hydrogen-bond acceptors (Lipinski definition) is 8. The van der Waals surface area contributed by atoms with E-state index in [1.165, 1.54) is 32.5 Å². The molecule has 4 aromatic heterocycles. The number of aromatic nitrogens is 5. The average Bonchev–Trinajstić information content (AvgIpc) is 3.55. The molecule has 5 rings (SSSR count). The second-order valence-corrected chi connectivity index (χ2v) is 9.03. The van der Waals surface area contributed by atoms with E-state index >= 15 is 0 Å². The van der Waals surface area contributed by atoms with E-state index in [2.05, 4.69) is 25.1 Å². The number of amides is 1. The molecule has 1 unspecified atom stereocenters. The number of nitrogens with one attached hydrogen (secondary N) is 1. The third-order valence-electron chi connectivity index (χ3n) is 6.10. The van der Waals surface area contributed by atoms with Crippen LogP contribution in [0.4, 0.5) is 29.2 Å². The van der Waals surface area contributed by atoms with Gasteiger partial charge in [-0.05, 0) is 19.1 Å². The van der Waals surface area contributed by atoms with Crippen LogP contribution in [0.1, 0.15) is 28.9 Å². The summed E-state index contributed by atoms with van der Waals surface area (Å²) in [6.45, 7) is 0.870. The van der Waals surface area contributed by atoms with Crippen molar-refractivity contribution in [3.63, 3.8) is 0 Å². The molecular formula is C22H19ClF4N8O3. The van der Waals surface area contributed by atoms with Crippen molar-refractivity contribution in [2.75, 3.05) is 23.7 Å². The number of esters is 1. The van der Waals surface area contributed by atoms with Crippen molar-refractivity contribution < 1.29 is 31.9 Å². The fourth-order valence-electron chi connectivity index (χ4n) is 4.40. The summed E-state index contributed by atoms with van der Waals surface area (Å²) in [4.78, 5) is 34.1. The van der Waals surface area contributed by atoms with Gasteiger partial charge in [0.25, 0.3) is 5.91 Å². The lowest BCUT2D eigenvalue weighted by Crippen LogP contribution is -2.35. The molecule has 11 nitrogen and oxygen atoms in total. The van der Waals surface area contributed by atoms with Gasteiger partial charge in [-0.25, -0.2) is 23.7 Å². The SMILES string of the molecule is CC(NC(=O)c1c(N)nn2cccnc12)c1cc(Cl)c2cncn2c1N1C[C@H](OC(=O)C(F)(F)F)[C@@H](F)C1. The minimum atomic E-state index is -5.26. The van der Waals surface area contributed by atoms with Gasteiger partial charge in [0.05, 0.1) is 35.9 Å². The zero-order valence-electron chi connectivity index (χ0n) is 19.5. The van der Waals surface area contributed by atoms with Crippen molar-refractivity contribution in [1.82, 2.24) is 29.3 Å². The molecule has 1 amide bonds. The van der Waals surface area contributed by atoms with Crippen molar-refractivity contribution in [3.8, 4) is 0 Å². The summed E-state index contributed by atoms with van der Waals surface area (Å²) < 4.78 is 60.1. The van der Waals surface area contributed by atoms with Gasteiger partial charge in [-0.2, -0.15) is 13.2 Å². The first-order valence-electron chi connectivity index (χ1n) is 11.2. The largest absolute Gasteiger partial charge is 0.490 e. The molecule has 0 aromatic carbocycles. The van der Waals surface area contributed by atoms with E-state index in [1.807, 2.05) is 0 Å². The Hall–Kier alpha value is -4.14. The van der Waals surface area contributed by atoms with E-state index < -0.39 is 36.4 Å². The van der Waals surface area contributed by atoms with Gasteiger partial charge in [0, 0.05) is 18.0 Å². The fourth-order valence-corrected chi connectivity index (χ4v) is 4.66. The third kappa shape index (κ3) is 4.42. The minimum Gasteiger partial charge on any atom is -0.451 e. The predicted octanol–water partition coefficient (Wildman–Crippen LogP) is 2.74. The lowest BCUT2D eigenvalue weighted by Gasteiger charge is -2.26. The van der Waals surface area contributed by atoms with Gasteiger partial charge in [0.2, 0.25) is 0 Å². The first-order valence-corrected chi connectivity index (χ1v) is 11.5. The Morgan fingerprint density at radius 2 is 2.08 bits per heavy atom. The number of anilines is 2. The van der Waals surface area contributed by atoms with Crippen LogP contribution in [-0.4, -0.2) is 67.4 Å². The molecule has 4 aromatic rings. The van der Waals surface area contributed by atoms with E-state index in [4.69, 9.17) is 17.3 Å². The molecule has 0 spiro atoms. The number of rotatable bonds is 5. The maximum Gasteiger partial charge on any atom is 0.490 e. The van der Waals surface area contributed by atoms with Crippen molar-refractivity contribution in [2.45, 2.75) is 31.4 Å². The van der Waals surface area contributed by atoms with E-state index in [-0.39, 0.29) is 35.1 Å². The number of nitrogens with zero attached hydrogens (tertiary/aromatic N) is 6. The van der Waals surface area contributed by atoms with E-state index in [1.54, 1.807) is 25.3 Å². The number of fused-ring (bicyclic) bond motifs is 2. The number of halogens is 5. The van der Waals surface area contributed by atoms with Crippen LogP contribution in [0.2, 0.25) is 5.02 Å². The van der Waals surface area contributed by atoms with Crippen molar-refractivity contribution in [1.29, 1.82) is 0 Å². The van der Waals surface area contributed by atoms with Gasteiger partial charge in [0.1, 0.15) is 17.7 Å². The minimum absolute atomic E-state index is 0.0397. The molecule has 5 heterocycles. The Balaban J connectivity index is 1.48. The highest BCUT2D eigenvalue weighted by molar-refractivity contribution is 6.34. The average molecular weight is 555 g/mol. The number of ether oxygens (including phenoxy) is 1. The number of hydrogen-bond donors (Lipinski definition) is 2. The van der Waals surface area contributed by atoms with E-state index in [9.17, 15) is 27.2 Å². The highest BCUT2D eigenvalue weighted by atomic mass is 35.5. The molecule has 200 valence electrons. The quantitative estimate of drug-likeness (QED) is 0.284. The van der Waals surface area contributed by atoms with Gasteiger partial charge in [-0.3, -0.25) is 9.20 Å². The molecule has 0 saturated carbocycles. The zero-order chi connectivity index (χ0) is 27.4. The van der Waals surface area contributed by atoms with Crippen LogP contribution >= 0.6 is 11.6 Å². The van der Waals surface area contributed by atoms with Gasteiger partial charge >= 0.3 is 12.1 Å². The van der Waals surface area contributed by atoms with Crippen LogP contribution in [-0.2, 0) is 9.53 Å². The normalized spacial score (nSPS) is 18.7. The summed E-state index contributed by atoms with van der Waals surface area (Å²) in [6.07, 6.45) is -2.93. The van der Waals surface area contributed by atoms with Crippen molar-refractivity contribution in [3.05, 3.63) is 53.2 Å². The topological polar surface area (TPSA) is 132 Å². The number of alkyl halides is 4. The van der Waals surface area contributed by atoms with Crippen LogP contribution in [0.25, 0.3) is 11.2 Å². The van der Waals surface area contributed by atoms with E-state index in [0.29, 0.717) is 16.9 Å². The van der Waals surface area contributed by atoms with Gasteiger partial charge in [-0.1, -0.05) is 11.6 Å². The first-order chi connectivity index (χ1) is 18.0. The van der Waals surface area contributed by atoms with E-state index in [0.717, 1.165) is 0 Å². The lowest BCUT2D eigenvalue weighted by molar-refractivity contribution is -0.205. The smallest absolute Gasteiger partial charge is 0.451 e. The Labute approximate surface area is 216 Å². The number of carbonyl (C=O) groups is 2. The molecule has 0 bridgehead atoms. The Kier molecular flexibility index (Phi) is 6.25.